The van der Waals surface area contributed by atoms with Gasteiger partial charge in [0.15, 0.2) is 0 Å². The third-order valence-electron chi connectivity index (χ3n) is 3.99. The first kappa shape index (κ1) is 14.3. The van der Waals surface area contributed by atoms with Crippen molar-refractivity contribution < 1.29 is 4.74 Å². The zero-order chi connectivity index (χ0) is 14.7. The van der Waals surface area contributed by atoms with Gasteiger partial charge in [0.25, 0.3) is 0 Å². The highest BCUT2D eigenvalue weighted by Crippen LogP contribution is 2.33. The number of anilines is 1. The van der Waals surface area contributed by atoms with Gasteiger partial charge in [0.2, 0.25) is 0 Å². The van der Waals surface area contributed by atoms with Crippen LogP contribution < -0.4 is 10.6 Å². The first-order chi connectivity index (χ1) is 10.3. The molecule has 1 fully saturated rings. The Bertz CT molecular complexity index is 610. The number of aromatic nitrogens is 1. The Morgan fingerprint density at radius 2 is 2.14 bits per heavy atom. The van der Waals surface area contributed by atoms with Crippen LogP contribution in [0.4, 0.5) is 5.82 Å². The van der Waals surface area contributed by atoms with E-state index in [-0.39, 0.29) is 0 Å². The molecule has 4 heteroatoms. The summed E-state index contributed by atoms with van der Waals surface area (Å²) in [6.07, 6.45) is 3.37. The number of ether oxygens (including phenoxy) is 1. The van der Waals surface area contributed by atoms with Crippen LogP contribution >= 0.6 is 0 Å². The highest BCUT2D eigenvalue weighted by Gasteiger charge is 2.31. The number of fused-ring (bicyclic) bond motifs is 1. The average Bonchev–Trinajstić information content (AvgIpc) is 3.33. The third kappa shape index (κ3) is 3.17. The van der Waals surface area contributed by atoms with E-state index in [2.05, 4.69) is 29.2 Å². The number of rotatable bonds is 7. The molecule has 2 aromatic rings. The molecule has 1 saturated carbocycles. The van der Waals surface area contributed by atoms with Gasteiger partial charge in [0.05, 0.1) is 12.1 Å². The molecule has 1 aromatic carbocycles. The van der Waals surface area contributed by atoms with Crippen LogP contribution in [0.15, 0.2) is 30.3 Å². The summed E-state index contributed by atoms with van der Waals surface area (Å²) in [5.74, 6) is 1.10. The number of nitrogens with two attached hydrogens (primary N) is 1. The maximum atomic E-state index is 5.79. The predicted molar refractivity (Wildman–Crippen MR) is 86.7 cm³/mol. The van der Waals surface area contributed by atoms with Gasteiger partial charge in [0, 0.05) is 25.1 Å². The van der Waals surface area contributed by atoms with Crippen LogP contribution in [0.5, 0.6) is 0 Å². The van der Waals surface area contributed by atoms with Crippen molar-refractivity contribution in [2.45, 2.75) is 25.3 Å². The molecule has 0 atom stereocenters. The van der Waals surface area contributed by atoms with E-state index in [9.17, 15) is 0 Å². The van der Waals surface area contributed by atoms with Crippen LogP contribution in [-0.2, 0) is 11.2 Å². The fraction of sp³-hybridized carbons (Fsp3) is 0.471. The number of pyridine rings is 1. The summed E-state index contributed by atoms with van der Waals surface area (Å²) < 4.78 is 5.26. The van der Waals surface area contributed by atoms with E-state index in [1.54, 1.807) is 7.11 Å². The zero-order valence-corrected chi connectivity index (χ0v) is 12.6. The Morgan fingerprint density at radius 3 is 2.86 bits per heavy atom. The van der Waals surface area contributed by atoms with Crippen LogP contribution in [0.25, 0.3) is 10.9 Å². The molecule has 112 valence electrons. The van der Waals surface area contributed by atoms with Gasteiger partial charge in [0.1, 0.15) is 5.82 Å². The summed E-state index contributed by atoms with van der Waals surface area (Å²) in [5.41, 5.74) is 8.10. The number of benzene rings is 1. The van der Waals surface area contributed by atoms with E-state index >= 15 is 0 Å². The van der Waals surface area contributed by atoms with Crippen LogP contribution in [0.2, 0.25) is 0 Å². The fourth-order valence-corrected chi connectivity index (χ4v) is 2.77. The maximum absolute atomic E-state index is 5.79. The molecule has 1 heterocycles. The summed E-state index contributed by atoms with van der Waals surface area (Å²) in [4.78, 5) is 7.33. The minimum absolute atomic E-state index is 0.616. The van der Waals surface area contributed by atoms with E-state index in [1.807, 2.05) is 6.07 Å². The molecule has 1 aliphatic carbocycles. The van der Waals surface area contributed by atoms with Crippen LogP contribution in [0.1, 0.15) is 18.4 Å². The summed E-state index contributed by atoms with van der Waals surface area (Å²) in [6.45, 7) is 2.27. The van der Waals surface area contributed by atoms with Gasteiger partial charge in [-0.15, -0.1) is 0 Å². The predicted octanol–water partition coefficient (Wildman–Crippen LogP) is 2.35. The van der Waals surface area contributed by atoms with Gasteiger partial charge in [-0.25, -0.2) is 4.98 Å². The lowest BCUT2D eigenvalue weighted by Crippen LogP contribution is -2.31. The second-order valence-corrected chi connectivity index (χ2v) is 5.62. The van der Waals surface area contributed by atoms with Crippen LogP contribution in [-0.4, -0.2) is 37.8 Å². The van der Waals surface area contributed by atoms with E-state index in [0.29, 0.717) is 12.6 Å². The number of methoxy groups -OCH3 is 1. The normalized spacial score (nSPS) is 14.6. The van der Waals surface area contributed by atoms with Crippen molar-refractivity contribution in [3.63, 3.8) is 0 Å². The molecule has 0 saturated heterocycles. The van der Waals surface area contributed by atoms with E-state index < -0.39 is 0 Å². The Hall–Kier alpha value is -1.65. The van der Waals surface area contributed by atoms with Crippen molar-refractivity contribution in [1.82, 2.24) is 4.98 Å². The lowest BCUT2D eigenvalue weighted by molar-refractivity contribution is 0.204. The standard InChI is InChI=1S/C17H23N3O/c1-21-11-10-20(15-6-7-15)17-14(8-9-18)12-13-4-2-3-5-16(13)19-17/h2-5,12,15H,6-11,18H2,1H3. The van der Waals surface area contributed by atoms with Crippen molar-refractivity contribution in [3.8, 4) is 0 Å². The van der Waals surface area contributed by atoms with Crippen molar-refractivity contribution >= 4 is 16.7 Å². The van der Waals surface area contributed by atoms with Gasteiger partial charge < -0.3 is 15.4 Å². The lowest BCUT2D eigenvalue weighted by atomic mass is 10.1. The zero-order valence-electron chi connectivity index (χ0n) is 12.6. The second-order valence-electron chi connectivity index (χ2n) is 5.62. The van der Waals surface area contributed by atoms with Gasteiger partial charge in [-0.2, -0.15) is 0 Å². The van der Waals surface area contributed by atoms with Gasteiger partial charge in [-0.05, 0) is 43.5 Å². The molecule has 0 spiro atoms. The number of para-hydroxylation sites is 1. The maximum Gasteiger partial charge on any atom is 0.132 e. The Labute approximate surface area is 125 Å². The molecule has 21 heavy (non-hydrogen) atoms. The SMILES string of the molecule is COCCN(c1nc2ccccc2cc1CCN)C1CC1. The Kier molecular flexibility index (Phi) is 4.36. The molecule has 0 aliphatic heterocycles. The summed E-state index contributed by atoms with van der Waals surface area (Å²) in [6, 6.07) is 11.1. The minimum atomic E-state index is 0.616. The smallest absolute Gasteiger partial charge is 0.132 e. The van der Waals surface area contributed by atoms with Gasteiger partial charge in [-0.3, -0.25) is 0 Å². The molecule has 0 unspecified atom stereocenters. The molecule has 2 N–H and O–H groups in total. The van der Waals surface area contributed by atoms with Crippen molar-refractivity contribution in [3.05, 3.63) is 35.9 Å². The monoisotopic (exact) mass is 285 g/mol. The fourth-order valence-electron chi connectivity index (χ4n) is 2.77. The van der Waals surface area contributed by atoms with Crippen LogP contribution in [0, 0.1) is 0 Å². The van der Waals surface area contributed by atoms with Crippen LogP contribution in [0.3, 0.4) is 0 Å². The number of hydrogen-bond donors (Lipinski definition) is 1. The largest absolute Gasteiger partial charge is 0.383 e. The molecule has 0 bridgehead atoms. The molecule has 0 amide bonds. The first-order valence-corrected chi connectivity index (χ1v) is 7.68. The summed E-state index contributed by atoms with van der Waals surface area (Å²) in [5, 5.41) is 1.19. The molecule has 1 aliphatic rings. The molecular weight excluding hydrogens is 262 g/mol. The quantitative estimate of drug-likeness (QED) is 0.848. The molecule has 1 aromatic heterocycles. The lowest BCUT2D eigenvalue weighted by Gasteiger charge is -2.26. The van der Waals surface area contributed by atoms with Crippen molar-refractivity contribution in [1.29, 1.82) is 0 Å². The van der Waals surface area contributed by atoms with E-state index in [0.717, 1.165) is 30.9 Å². The molecule has 0 radical (unpaired) electrons. The molecule has 4 nitrogen and oxygen atoms in total. The Morgan fingerprint density at radius 1 is 1.33 bits per heavy atom. The number of hydrogen-bond acceptors (Lipinski definition) is 4. The molecular formula is C17H23N3O. The highest BCUT2D eigenvalue weighted by molar-refractivity contribution is 5.82. The molecule has 3 rings (SSSR count). The van der Waals surface area contributed by atoms with E-state index in [4.69, 9.17) is 15.5 Å². The van der Waals surface area contributed by atoms with E-state index in [1.165, 1.54) is 23.8 Å². The van der Waals surface area contributed by atoms with Gasteiger partial charge in [-0.1, -0.05) is 18.2 Å². The number of nitrogens with zero attached hydrogens (tertiary/aromatic N) is 2. The minimum Gasteiger partial charge on any atom is -0.383 e. The summed E-state index contributed by atoms with van der Waals surface area (Å²) >= 11 is 0. The van der Waals surface area contributed by atoms with Gasteiger partial charge >= 0.3 is 0 Å². The first-order valence-electron chi connectivity index (χ1n) is 7.68. The highest BCUT2D eigenvalue weighted by atomic mass is 16.5. The van der Waals surface area contributed by atoms with Crippen molar-refractivity contribution in [2.24, 2.45) is 5.73 Å². The Balaban J connectivity index is 2.02. The van der Waals surface area contributed by atoms with Crippen molar-refractivity contribution in [2.75, 3.05) is 31.7 Å². The topological polar surface area (TPSA) is 51.4 Å². The summed E-state index contributed by atoms with van der Waals surface area (Å²) in [7, 11) is 1.75. The second kappa shape index (κ2) is 6.41. The average molecular weight is 285 g/mol. The third-order valence-corrected chi connectivity index (χ3v) is 3.99.